The largest absolute Gasteiger partial charge is 0.423 e. The maximum absolute atomic E-state index is 13.3. The Kier molecular flexibility index (Phi) is 4.88. The van der Waals surface area contributed by atoms with E-state index in [4.69, 9.17) is 4.65 Å². The molecule has 3 nitrogen and oxygen atoms in total. The summed E-state index contributed by atoms with van der Waals surface area (Å²) in [6.07, 6.45) is -4.85. The van der Waals surface area contributed by atoms with E-state index in [9.17, 15) is 22.4 Å². The van der Waals surface area contributed by atoms with Gasteiger partial charge in [0.25, 0.3) is 5.91 Å². The van der Waals surface area contributed by atoms with E-state index in [0.717, 1.165) is 28.6 Å². The summed E-state index contributed by atoms with van der Waals surface area (Å²) in [5.41, 5.74) is 1.08. The smallest absolute Gasteiger partial charge is 0.417 e. The number of nitrogens with one attached hydrogen (secondary N) is 1. The van der Waals surface area contributed by atoms with E-state index in [1.165, 1.54) is 0 Å². The Hall–Kier alpha value is -3.13. The SMILES string of the molecule is O=C(Nc1ccc2c(c1)B(c1ccccc1)OC2)c1ccc(F)cc1C(F)(F)F. The quantitative estimate of drug-likeness (QED) is 0.539. The molecule has 1 N–H and O–H groups in total. The Labute approximate surface area is 164 Å². The number of alkyl halides is 3. The molecule has 1 amide bonds. The van der Waals surface area contributed by atoms with Crippen LogP contribution in [0.25, 0.3) is 0 Å². The summed E-state index contributed by atoms with van der Waals surface area (Å²) in [4.78, 5) is 12.5. The van der Waals surface area contributed by atoms with E-state index in [1.807, 2.05) is 30.3 Å². The van der Waals surface area contributed by atoms with Crippen LogP contribution in [0, 0.1) is 5.82 Å². The summed E-state index contributed by atoms with van der Waals surface area (Å²) in [6, 6.07) is 16.5. The molecule has 8 heteroatoms. The van der Waals surface area contributed by atoms with E-state index in [1.54, 1.807) is 18.2 Å². The van der Waals surface area contributed by atoms with Gasteiger partial charge in [-0.2, -0.15) is 13.2 Å². The molecule has 0 saturated carbocycles. The van der Waals surface area contributed by atoms with Crippen molar-refractivity contribution in [2.75, 3.05) is 5.32 Å². The molecule has 0 atom stereocenters. The molecular weight excluding hydrogens is 385 g/mol. The van der Waals surface area contributed by atoms with Gasteiger partial charge < -0.3 is 9.97 Å². The molecule has 1 heterocycles. The topological polar surface area (TPSA) is 38.3 Å². The molecule has 3 aromatic carbocycles. The van der Waals surface area contributed by atoms with Crippen molar-refractivity contribution in [2.45, 2.75) is 12.8 Å². The summed E-state index contributed by atoms with van der Waals surface area (Å²) < 4.78 is 58.7. The lowest BCUT2D eigenvalue weighted by Crippen LogP contribution is -2.41. The van der Waals surface area contributed by atoms with Crippen molar-refractivity contribution in [3.8, 4) is 0 Å². The van der Waals surface area contributed by atoms with Crippen LogP contribution in [0.15, 0.2) is 66.7 Å². The van der Waals surface area contributed by atoms with Gasteiger partial charge in [-0.3, -0.25) is 4.79 Å². The number of benzene rings is 3. The zero-order valence-electron chi connectivity index (χ0n) is 15.0. The van der Waals surface area contributed by atoms with Gasteiger partial charge in [0.15, 0.2) is 0 Å². The molecule has 0 fully saturated rings. The number of amides is 1. The van der Waals surface area contributed by atoms with Gasteiger partial charge in [-0.15, -0.1) is 0 Å². The van der Waals surface area contributed by atoms with Gasteiger partial charge in [0, 0.05) is 5.69 Å². The Bertz CT molecular complexity index is 1070. The molecule has 0 saturated heterocycles. The number of fused-ring (bicyclic) bond motifs is 1. The van der Waals surface area contributed by atoms with Crippen LogP contribution >= 0.6 is 0 Å². The second-order valence-electron chi connectivity index (χ2n) is 6.66. The number of carbonyl (C=O) groups is 1. The number of hydrogen-bond donors (Lipinski definition) is 1. The van der Waals surface area contributed by atoms with E-state index in [-0.39, 0.29) is 6.92 Å². The fourth-order valence-electron chi connectivity index (χ4n) is 3.36. The first kappa shape index (κ1) is 19.2. The van der Waals surface area contributed by atoms with Crippen molar-refractivity contribution in [1.82, 2.24) is 0 Å². The van der Waals surface area contributed by atoms with E-state index < -0.39 is 29.0 Å². The average Bonchev–Trinajstić information content (AvgIpc) is 3.11. The number of anilines is 1. The van der Waals surface area contributed by atoms with Crippen LogP contribution in [0.5, 0.6) is 0 Å². The van der Waals surface area contributed by atoms with Gasteiger partial charge >= 0.3 is 13.1 Å². The number of hydrogen-bond acceptors (Lipinski definition) is 2. The standard InChI is InChI=1S/C21H14BF4NO2/c23-15-7-9-17(18(10-15)21(24,25)26)20(28)27-16-8-6-13-12-29-22(19(13)11-16)14-4-2-1-3-5-14/h1-11H,12H2,(H,27,28). The van der Waals surface area contributed by atoms with Crippen LogP contribution < -0.4 is 16.2 Å². The molecule has 4 rings (SSSR count). The van der Waals surface area contributed by atoms with Crippen LogP contribution in [-0.2, 0) is 17.4 Å². The zero-order valence-corrected chi connectivity index (χ0v) is 15.0. The predicted octanol–water partition coefficient (Wildman–Crippen LogP) is 3.73. The molecule has 3 aromatic rings. The number of halogens is 4. The fourth-order valence-corrected chi connectivity index (χ4v) is 3.36. The Morgan fingerprint density at radius 1 is 1.00 bits per heavy atom. The Balaban J connectivity index is 1.63. The van der Waals surface area contributed by atoms with Gasteiger partial charge in [-0.25, -0.2) is 4.39 Å². The van der Waals surface area contributed by atoms with Gasteiger partial charge in [0.2, 0.25) is 0 Å². The van der Waals surface area contributed by atoms with Crippen molar-refractivity contribution in [3.05, 3.63) is 89.2 Å². The van der Waals surface area contributed by atoms with Crippen LogP contribution in [-0.4, -0.2) is 12.8 Å². The average molecular weight is 399 g/mol. The predicted molar refractivity (Wildman–Crippen MR) is 102 cm³/mol. The van der Waals surface area contributed by atoms with Crippen molar-refractivity contribution < 1.29 is 27.0 Å². The highest BCUT2D eigenvalue weighted by Gasteiger charge is 2.36. The van der Waals surface area contributed by atoms with E-state index >= 15 is 0 Å². The second kappa shape index (κ2) is 7.37. The lowest BCUT2D eigenvalue weighted by atomic mass is 9.56. The van der Waals surface area contributed by atoms with Gasteiger partial charge in [0.05, 0.1) is 17.7 Å². The van der Waals surface area contributed by atoms with Gasteiger partial charge in [0.1, 0.15) is 5.82 Å². The van der Waals surface area contributed by atoms with Crippen molar-refractivity contribution >= 4 is 29.4 Å². The van der Waals surface area contributed by atoms with Crippen LogP contribution in [0.3, 0.4) is 0 Å². The molecule has 0 unspecified atom stereocenters. The van der Waals surface area contributed by atoms with Gasteiger partial charge in [-0.1, -0.05) is 36.4 Å². The highest BCUT2D eigenvalue weighted by molar-refractivity contribution is 6.81. The minimum atomic E-state index is -4.85. The van der Waals surface area contributed by atoms with Crippen LogP contribution in [0.1, 0.15) is 21.5 Å². The molecule has 29 heavy (non-hydrogen) atoms. The normalized spacial score (nSPS) is 13.3. The zero-order chi connectivity index (χ0) is 20.6. The lowest BCUT2D eigenvalue weighted by Gasteiger charge is -2.14. The van der Waals surface area contributed by atoms with Crippen LogP contribution in [0.2, 0.25) is 0 Å². The first-order valence-corrected chi connectivity index (χ1v) is 8.80. The molecule has 0 aliphatic carbocycles. The minimum Gasteiger partial charge on any atom is -0.423 e. The van der Waals surface area contributed by atoms with Crippen molar-refractivity contribution in [1.29, 1.82) is 0 Å². The molecule has 0 aromatic heterocycles. The summed E-state index contributed by atoms with van der Waals surface area (Å²) in [6.45, 7) is 0.0823. The summed E-state index contributed by atoms with van der Waals surface area (Å²) >= 11 is 0. The monoisotopic (exact) mass is 399 g/mol. The molecule has 0 spiro atoms. The first-order valence-electron chi connectivity index (χ1n) is 8.80. The third kappa shape index (κ3) is 3.89. The summed E-state index contributed by atoms with van der Waals surface area (Å²) in [7, 11) is 0. The van der Waals surface area contributed by atoms with E-state index in [0.29, 0.717) is 18.4 Å². The number of rotatable bonds is 3. The minimum absolute atomic E-state index is 0.316. The maximum Gasteiger partial charge on any atom is 0.417 e. The Morgan fingerprint density at radius 2 is 1.76 bits per heavy atom. The third-order valence-corrected chi connectivity index (χ3v) is 4.73. The number of carbonyl (C=O) groups excluding carboxylic acids is 1. The van der Waals surface area contributed by atoms with Crippen LogP contribution in [0.4, 0.5) is 23.2 Å². The molecule has 0 radical (unpaired) electrons. The van der Waals surface area contributed by atoms with E-state index in [2.05, 4.69) is 5.32 Å². The fraction of sp³-hybridized carbons (Fsp3) is 0.0952. The molecular formula is C21H14BF4NO2. The van der Waals surface area contributed by atoms with Gasteiger partial charge in [-0.05, 0) is 46.8 Å². The lowest BCUT2D eigenvalue weighted by molar-refractivity contribution is -0.138. The highest BCUT2D eigenvalue weighted by Crippen LogP contribution is 2.33. The molecule has 146 valence electrons. The molecule has 0 bridgehead atoms. The summed E-state index contributed by atoms with van der Waals surface area (Å²) in [5, 5.41) is 2.47. The first-order chi connectivity index (χ1) is 13.8. The highest BCUT2D eigenvalue weighted by atomic mass is 19.4. The van der Waals surface area contributed by atoms with Crippen molar-refractivity contribution in [3.63, 3.8) is 0 Å². The molecule has 1 aliphatic heterocycles. The maximum atomic E-state index is 13.3. The van der Waals surface area contributed by atoms with Crippen molar-refractivity contribution in [2.24, 2.45) is 0 Å². The second-order valence-corrected chi connectivity index (χ2v) is 6.66. The third-order valence-electron chi connectivity index (χ3n) is 4.73. The Morgan fingerprint density at radius 3 is 2.48 bits per heavy atom. The molecule has 1 aliphatic rings. The summed E-state index contributed by atoms with van der Waals surface area (Å²) in [5.74, 6) is -2.03.